The molecule has 0 atom stereocenters. The average molecular weight is 425 g/mol. The fraction of sp³-hybridized carbons (Fsp3) is 0.0556. The molecular formula is C18H12N6OS3. The predicted octanol–water partition coefficient (Wildman–Crippen LogP) is 4.00. The van der Waals surface area contributed by atoms with Crippen molar-refractivity contribution in [2.75, 3.05) is 6.26 Å². The summed E-state index contributed by atoms with van der Waals surface area (Å²) in [6, 6.07) is 9.80. The molecule has 0 saturated heterocycles. The molecule has 1 aromatic carbocycles. The van der Waals surface area contributed by atoms with Gasteiger partial charge < -0.3 is 0 Å². The van der Waals surface area contributed by atoms with Crippen LogP contribution >= 0.6 is 34.9 Å². The van der Waals surface area contributed by atoms with E-state index >= 15 is 0 Å². The average Bonchev–Trinajstić information content (AvgIpc) is 3.40. The monoisotopic (exact) mass is 424 g/mol. The number of carbonyl (C=O) groups excluding carboxylic acids is 1. The van der Waals surface area contributed by atoms with Gasteiger partial charge in [0.1, 0.15) is 0 Å². The molecule has 5 rings (SSSR count). The minimum Gasteiger partial charge on any atom is -0.290 e. The summed E-state index contributed by atoms with van der Waals surface area (Å²) >= 11 is 4.28. The summed E-state index contributed by atoms with van der Waals surface area (Å²) in [5, 5.41) is 16.7. The third-order valence-electron chi connectivity index (χ3n) is 4.24. The smallest absolute Gasteiger partial charge is 0.283 e. The summed E-state index contributed by atoms with van der Waals surface area (Å²) in [4.78, 5) is 22.3. The van der Waals surface area contributed by atoms with Crippen molar-refractivity contribution < 1.29 is 4.79 Å². The number of hydrogen-bond acceptors (Lipinski definition) is 7. The number of nitrogens with one attached hydrogen (secondary N) is 1. The second kappa shape index (κ2) is 6.73. The molecule has 2 aliphatic heterocycles. The number of aliphatic imine (C=N–C) groups is 1. The Labute approximate surface area is 172 Å². The molecule has 0 aliphatic carbocycles. The topological polar surface area (TPSA) is 86.2 Å². The number of benzene rings is 1. The van der Waals surface area contributed by atoms with Gasteiger partial charge in [0.15, 0.2) is 15.2 Å². The summed E-state index contributed by atoms with van der Waals surface area (Å²) in [7, 11) is 0. The first-order chi connectivity index (χ1) is 13.7. The molecule has 138 valence electrons. The Kier molecular flexibility index (Phi) is 4.18. The number of fused-ring (bicyclic) bond motifs is 2. The van der Waals surface area contributed by atoms with Gasteiger partial charge in [-0.1, -0.05) is 30.3 Å². The molecule has 7 nitrogen and oxygen atoms in total. The van der Waals surface area contributed by atoms with E-state index in [9.17, 15) is 4.79 Å². The zero-order chi connectivity index (χ0) is 19.3. The first kappa shape index (κ1) is 17.4. The van der Waals surface area contributed by atoms with Gasteiger partial charge in [-0.3, -0.25) is 14.6 Å². The van der Waals surface area contributed by atoms with Gasteiger partial charge in [-0.25, -0.2) is 4.98 Å². The standard InChI is InChI=1S/C18H12N6OS3/c1-26-18-22-24-14(19)11(15(25)21-17(24)28-18)9-12-13(10-5-3-2-4-6-10)20-16-23(12)7-8-27-16/h2-9,19H,1H3/b11-9+,19-14?. The van der Waals surface area contributed by atoms with Crippen molar-refractivity contribution >= 4 is 67.2 Å². The molecule has 2 aliphatic rings. The molecule has 3 aromatic rings. The highest BCUT2D eigenvalue weighted by Crippen LogP contribution is 2.33. The lowest BCUT2D eigenvalue weighted by Gasteiger charge is -2.20. The maximum atomic E-state index is 12.7. The number of amides is 1. The molecule has 0 spiro atoms. The second-order valence-electron chi connectivity index (χ2n) is 5.86. The summed E-state index contributed by atoms with van der Waals surface area (Å²) in [6.45, 7) is 0. The van der Waals surface area contributed by atoms with Gasteiger partial charge in [0.25, 0.3) is 5.91 Å². The number of aromatic nitrogens is 2. The lowest BCUT2D eigenvalue weighted by atomic mass is 10.1. The zero-order valence-electron chi connectivity index (χ0n) is 14.5. The van der Waals surface area contributed by atoms with Crippen LogP contribution in [-0.2, 0) is 4.79 Å². The molecular weight excluding hydrogens is 412 g/mol. The minimum absolute atomic E-state index is 0.0238. The van der Waals surface area contributed by atoms with Crippen molar-refractivity contribution in [3.05, 3.63) is 53.2 Å². The van der Waals surface area contributed by atoms with Crippen LogP contribution in [0.25, 0.3) is 22.3 Å². The number of hydrogen-bond donors (Lipinski definition) is 1. The first-order valence-electron chi connectivity index (χ1n) is 8.21. The van der Waals surface area contributed by atoms with Crippen LogP contribution in [0, 0.1) is 5.41 Å². The molecule has 0 radical (unpaired) electrons. The molecule has 0 bridgehead atoms. The van der Waals surface area contributed by atoms with E-state index in [-0.39, 0.29) is 11.4 Å². The van der Waals surface area contributed by atoms with Crippen molar-refractivity contribution in [1.82, 2.24) is 14.4 Å². The van der Waals surface area contributed by atoms with E-state index in [2.05, 4.69) is 10.1 Å². The molecule has 0 unspecified atom stereocenters. The van der Waals surface area contributed by atoms with Crippen LogP contribution < -0.4 is 0 Å². The SMILES string of the molecule is CSC1=NN2C(=N)/C(=C\c3c(-c4ccccc4)nc4sccn34)C(=O)N=C2S1. The summed E-state index contributed by atoms with van der Waals surface area (Å²) < 4.78 is 2.68. The van der Waals surface area contributed by atoms with Crippen LogP contribution in [0.5, 0.6) is 0 Å². The normalized spacial score (nSPS) is 18.0. The highest BCUT2D eigenvalue weighted by atomic mass is 32.2. The predicted molar refractivity (Wildman–Crippen MR) is 117 cm³/mol. The van der Waals surface area contributed by atoms with Crippen molar-refractivity contribution in [3.8, 4) is 11.3 Å². The van der Waals surface area contributed by atoms with Gasteiger partial charge in [0, 0.05) is 17.1 Å². The summed E-state index contributed by atoms with van der Waals surface area (Å²) in [5.41, 5.74) is 2.65. The number of rotatable bonds is 2. The largest absolute Gasteiger partial charge is 0.290 e. The number of thiazole rings is 1. The van der Waals surface area contributed by atoms with Crippen LogP contribution in [0.15, 0.2) is 57.6 Å². The maximum absolute atomic E-state index is 12.7. The van der Waals surface area contributed by atoms with Crippen molar-refractivity contribution in [2.45, 2.75) is 0 Å². The molecule has 0 fully saturated rings. The molecule has 1 amide bonds. The Morgan fingerprint density at radius 3 is 2.86 bits per heavy atom. The highest BCUT2D eigenvalue weighted by molar-refractivity contribution is 8.45. The van der Waals surface area contributed by atoms with Crippen molar-refractivity contribution in [2.24, 2.45) is 10.1 Å². The third-order valence-corrected chi connectivity index (χ3v) is 6.88. The molecule has 28 heavy (non-hydrogen) atoms. The Hall–Kier alpha value is -2.69. The molecule has 10 heteroatoms. The van der Waals surface area contributed by atoms with Crippen LogP contribution in [0.3, 0.4) is 0 Å². The fourth-order valence-corrected chi connectivity index (χ4v) is 5.01. The Morgan fingerprint density at radius 2 is 2.07 bits per heavy atom. The molecule has 1 N–H and O–H groups in total. The maximum Gasteiger partial charge on any atom is 0.283 e. The Morgan fingerprint density at radius 1 is 1.25 bits per heavy atom. The van der Waals surface area contributed by atoms with Gasteiger partial charge in [-0.05, 0) is 24.1 Å². The van der Waals surface area contributed by atoms with Gasteiger partial charge in [-0.15, -0.1) is 28.2 Å². The number of thioether (sulfide) groups is 2. The fourth-order valence-electron chi connectivity index (χ4n) is 2.94. The third kappa shape index (κ3) is 2.72. The molecule has 0 saturated carbocycles. The minimum atomic E-state index is -0.439. The highest BCUT2D eigenvalue weighted by Gasteiger charge is 2.35. The first-order valence-corrected chi connectivity index (χ1v) is 11.1. The van der Waals surface area contributed by atoms with Gasteiger partial charge in [0.05, 0.1) is 17.0 Å². The summed E-state index contributed by atoms with van der Waals surface area (Å²) in [5.74, 6) is -0.416. The van der Waals surface area contributed by atoms with E-state index < -0.39 is 5.91 Å². The van der Waals surface area contributed by atoms with Crippen LogP contribution in [0.2, 0.25) is 0 Å². The molecule has 4 heterocycles. The number of imidazole rings is 1. The second-order valence-corrected chi connectivity index (χ2v) is 8.74. The van der Waals surface area contributed by atoms with Gasteiger partial charge in [-0.2, -0.15) is 10.0 Å². The zero-order valence-corrected chi connectivity index (χ0v) is 16.9. The Bertz CT molecular complexity index is 1220. The van der Waals surface area contributed by atoms with Crippen molar-refractivity contribution in [3.63, 3.8) is 0 Å². The number of carbonyl (C=O) groups is 1. The number of hydrazone groups is 1. The Balaban J connectivity index is 1.66. The van der Waals surface area contributed by atoms with Crippen LogP contribution in [-0.4, -0.2) is 41.9 Å². The number of amidine groups is 2. The summed E-state index contributed by atoms with van der Waals surface area (Å²) in [6.07, 6.45) is 5.50. The van der Waals surface area contributed by atoms with Crippen LogP contribution in [0.1, 0.15) is 5.69 Å². The number of nitrogens with zero attached hydrogens (tertiary/aromatic N) is 5. The lowest BCUT2D eigenvalue weighted by Crippen LogP contribution is -2.35. The van der Waals surface area contributed by atoms with Gasteiger partial charge in [0.2, 0.25) is 5.17 Å². The van der Waals surface area contributed by atoms with E-state index in [0.29, 0.717) is 5.17 Å². The van der Waals surface area contributed by atoms with E-state index in [4.69, 9.17) is 10.4 Å². The quantitative estimate of drug-likeness (QED) is 0.629. The van der Waals surface area contributed by atoms with Crippen molar-refractivity contribution in [1.29, 1.82) is 5.41 Å². The van der Waals surface area contributed by atoms with E-state index in [1.54, 1.807) is 6.08 Å². The van der Waals surface area contributed by atoms with E-state index in [0.717, 1.165) is 26.3 Å². The molecule has 2 aromatic heterocycles. The van der Waals surface area contributed by atoms with E-state index in [1.165, 1.54) is 39.9 Å². The van der Waals surface area contributed by atoms with E-state index in [1.807, 2.05) is 52.6 Å². The van der Waals surface area contributed by atoms with Crippen LogP contribution in [0.4, 0.5) is 0 Å². The van der Waals surface area contributed by atoms with Gasteiger partial charge >= 0.3 is 0 Å². The lowest BCUT2D eigenvalue weighted by molar-refractivity contribution is -0.114.